The molecule has 1 saturated heterocycles. The lowest BCUT2D eigenvalue weighted by Crippen LogP contribution is -2.48. The van der Waals surface area contributed by atoms with Crippen LogP contribution in [0.1, 0.15) is 16.7 Å². The van der Waals surface area contributed by atoms with Crippen LogP contribution in [-0.2, 0) is 9.53 Å². The van der Waals surface area contributed by atoms with Gasteiger partial charge >= 0.3 is 0 Å². The lowest BCUT2D eigenvalue weighted by molar-refractivity contribution is -0.131. The molecule has 1 fully saturated rings. The number of benzene rings is 1. The number of carbonyl (C=O) groups excluding carboxylic acids is 1. The number of morpholine rings is 1. The summed E-state index contributed by atoms with van der Waals surface area (Å²) in [7, 11) is 1.82. The molecule has 0 saturated carbocycles. The van der Waals surface area contributed by atoms with Crippen molar-refractivity contribution < 1.29 is 9.53 Å². The van der Waals surface area contributed by atoms with Crippen LogP contribution in [0.3, 0.4) is 0 Å². The number of hydrogen-bond donors (Lipinski definition) is 1. The summed E-state index contributed by atoms with van der Waals surface area (Å²) < 4.78 is 5.52. The average molecular weight is 262 g/mol. The number of anilines is 1. The molecule has 0 spiro atoms. The van der Waals surface area contributed by atoms with E-state index in [1.165, 1.54) is 11.1 Å². The molecule has 1 atom stereocenters. The Labute approximate surface area is 114 Å². The smallest absolute Gasteiger partial charge is 0.257 e. The van der Waals surface area contributed by atoms with Crippen LogP contribution >= 0.6 is 0 Å². The predicted octanol–water partition coefficient (Wildman–Crippen LogP) is 1.56. The highest BCUT2D eigenvalue weighted by Gasteiger charge is 2.26. The largest absolute Gasteiger partial charge is 0.366 e. The van der Waals surface area contributed by atoms with Gasteiger partial charge in [-0.2, -0.15) is 0 Å². The summed E-state index contributed by atoms with van der Waals surface area (Å²) in [6.07, 6.45) is -0.375. The van der Waals surface area contributed by atoms with Crippen molar-refractivity contribution in [3.05, 3.63) is 28.8 Å². The maximum absolute atomic E-state index is 12.4. The minimum absolute atomic E-state index is 0.0125. The number of amides is 1. The zero-order valence-corrected chi connectivity index (χ0v) is 12.1. The highest BCUT2D eigenvalue weighted by molar-refractivity contribution is 5.97. The van der Waals surface area contributed by atoms with Crippen LogP contribution < -0.4 is 10.2 Å². The number of hydrogen-bond acceptors (Lipinski definition) is 3. The molecular weight excluding hydrogens is 240 g/mol. The van der Waals surface area contributed by atoms with Gasteiger partial charge in [-0.05, 0) is 43.5 Å². The zero-order valence-electron chi connectivity index (χ0n) is 12.1. The third kappa shape index (κ3) is 2.80. The van der Waals surface area contributed by atoms with Crippen molar-refractivity contribution in [3.8, 4) is 0 Å². The molecule has 4 nitrogen and oxygen atoms in total. The quantitative estimate of drug-likeness (QED) is 0.879. The Morgan fingerprint density at radius 3 is 2.68 bits per heavy atom. The van der Waals surface area contributed by atoms with Crippen molar-refractivity contribution in [3.63, 3.8) is 0 Å². The molecule has 0 aromatic heterocycles. The molecule has 19 heavy (non-hydrogen) atoms. The van der Waals surface area contributed by atoms with Crippen LogP contribution in [0.5, 0.6) is 0 Å². The molecule has 1 heterocycles. The van der Waals surface area contributed by atoms with E-state index in [0.29, 0.717) is 13.2 Å². The van der Waals surface area contributed by atoms with Crippen molar-refractivity contribution in [2.75, 3.05) is 31.6 Å². The molecule has 1 aliphatic heterocycles. The van der Waals surface area contributed by atoms with Gasteiger partial charge < -0.3 is 15.0 Å². The molecule has 1 aliphatic rings. The molecule has 2 rings (SSSR count). The summed E-state index contributed by atoms with van der Waals surface area (Å²) in [5, 5.41) is 3.18. The van der Waals surface area contributed by atoms with Gasteiger partial charge in [0.05, 0.1) is 6.61 Å². The monoisotopic (exact) mass is 262 g/mol. The number of nitrogens with one attached hydrogen (secondary N) is 1. The third-order valence-electron chi connectivity index (χ3n) is 3.92. The van der Waals surface area contributed by atoms with Gasteiger partial charge in [0.25, 0.3) is 5.91 Å². The van der Waals surface area contributed by atoms with Crippen LogP contribution in [0.25, 0.3) is 0 Å². The van der Waals surface area contributed by atoms with Crippen molar-refractivity contribution in [2.24, 2.45) is 0 Å². The minimum Gasteiger partial charge on any atom is -0.366 e. The van der Waals surface area contributed by atoms with E-state index >= 15 is 0 Å². The number of rotatable bonds is 2. The van der Waals surface area contributed by atoms with E-state index < -0.39 is 0 Å². The normalized spacial score (nSPS) is 19.3. The molecule has 1 aromatic rings. The standard InChI is InChI=1S/C15H22N2O2/c1-10-5-6-13(12(3)11(10)2)17(4)15(18)14-9-16-7-8-19-14/h5-6,14,16H,7-9H2,1-4H3. The minimum atomic E-state index is -0.375. The molecular formula is C15H22N2O2. The maximum atomic E-state index is 12.4. The number of nitrogens with zero attached hydrogens (tertiary/aromatic N) is 1. The van der Waals surface area contributed by atoms with E-state index in [1.807, 2.05) is 13.1 Å². The number of likely N-dealkylation sites (N-methyl/N-ethyl adjacent to an activating group) is 1. The summed E-state index contributed by atoms with van der Waals surface area (Å²) in [5.41, 5.74) is 4.60. The lowest BCUT2D eigenvalue weighted by Gasteiger charge is -2.28. The topological polar surface area (TPSA) is 41.6 Å². The number of carbonyl (C=O) groups is 1. The Hall–Kier alpha value is -1.39. The highest BCUT2D eigenvalue weighted by Crippen LogP contribution is 2.25. The summed E-state index contributed by atoms with van der Waals surface area (Å²) in [6.45, 7) is 8.23. The van der Waals surface area contributed by atoms with Gasteiger partial charge in [-0.15, -0.1) is 0 Å². The van der Waals surface area contributed by atoms with E-state index in [0.717, 1.165) is 17.8 Å². The van der Waals surface area contributed by atoms with E-state index in [2.05, 4.69) is 32.2 Å². The molecule has 4 heteroatoms. The van der Waals surface area contributed by atoms with Gasteiger partial charge in [-0.3, -0.25) is 4.79 Å². The summed E-state index contributed by atoms with van der Waals surface area (Å²) in [5.74, 6) is 0.0125. The second kappa shape index (κ2) is 5.72. The molecule has 1 N–H and O–H groups in total. The van der Waals surface area contributed by atoms with Gasteiger partial charge in [-0.25, -0.2) is 0 Å². The molecule has 1 aromatic carbocycles. The number of ether oxygens (including phenoxy) is 1. The molecule has 1 amide bonds. The van der Waals surface area contributed by atoms with Gasteiger partial charge in [0.2, 0.25) is 0 Å². The summed E-state index contributed by atoms with van der Waals surface area (Å²) >= 11 is 0. The first-order valence-corrected chi connectivity index (χ1v) is 6.69. The Balaban J connectivity index is 2.21. The predicted molar refractivity (Wildman–Crippen MR) is 76.7 cm³/mol. The van der Waals surface area contributed by atoms with Gasteiger partial charge in [0, 0.05) is 25.8 Å². The molecule has 0 radical (unpaired) electrons. The molecule has 0 aliphatic carbocycles. The van der Waals surface area contributed by atoms with Crippen molar-refractivity contribution in [1.29, 1.82) is 0 Å². The van der Waals surface area contributed by atoms with E-state index in [-0.39, 0.29) is 12.0 Å². The fourth-order valence-corrected chi connectivity index (χ4v) is 2.36. The molecule has 1 unspecified atom stereocenters. The lowest BCUT2D eigenvalue weighted by atomic mass is 10.0. The second-order valence-corrected chi connectivity index (χ2v) is 5.11. The van der Waals surface area contributed by atoms with Crippen LogP contribution in [0.4, 0.5) is 5.69 Å². The second-order valence-electron chi connectivity index (χ2n) is 5.11. The third-order valence-corrected chi connectivity index (χ3v) is 3.92. The first-order valence-electron chi connectivity index (χ1n) is 6.69. The van der Waals surface area contributed by atoms with E-state index in [4.69, 9.17) is 4.74 Å². The Kier molecular flexibility index (Phi) is 4.22. The first kappa shape index (κ1) is 14.0. The Morgan fingerprint density at radius 1 is 1.32 bits per heavy atom. The van der Waals surface area contributed by atoms with Gasteiger partial charge in [0.1, 0.15) is 6.10 Å². The molecule has 104 valence electrons. The molecule has 0 bridgehead atoms. The summed E-state index contributed by atoms with van der Waals surface area (Å²) in [6, 6.07) is 4.06. The number of aryl methyl sites for hydroxylation is 1. The van der Waals surface area contributed by atoms with Crippen molar-refractivity contribution in [1.82, 2.24) is 5.32 Å². The van der Waals surface area contributed by atoms with Gasteiger partial charge in [0.15, 0.2) is 0 Å². The SMILES string of the molecule is Cc1ccc(N(C)C(=O)C2CNCCO2)c(C)c1C. The van der Waals surface area contributed by atoms with Crippen LogP contribution in [0, 0.1) is 20.8 Å². The fourth-order valence-electron chi connectivity index (χ4n) is 2.36. The van der Waals surface area contributed by atoms with E-state index in [1.54, 1.807) is 4.90 Å². The Morgan fingerprint density at radius 2 is 2.05 bits per heavy atom. The highest BCUT2D eigenvalue weighted by atomic mass is 16.5. The summed E-state index contributed by atoms with van der Waals surface area (Å²) in [4.78, 5) is 14.1. The van der Waals surface area contributed by atoms with Crippen molar-refractivity contribution in [2.45, 2.75) is 26.9 Å². The van der Waals surface area contributed by atoms with E-state index in [9.17, 15) is 4.79 Å². The fraction of sp³-hybridized carbons (Fsp3) is 0.533. The average Bonchev–Trinajstić information content (AvgIpc) is 2.44. The Bertz CT molecular complexity index is 479. The van der Waals surface area contributed by atoms with Crippen molar-refractivity contribution >= 4 is 11.6 Å². The van der Waals surface area contributed by atoms with Gasteiger partial charge in [-0.1, -0.05) is 6.07 Å². The van der Waals surface area contributed by atoms with Crippen LogP contribution in [-0.4, -0.2) is 38.8 Å². The van der Waals surface area contributed by atoms with Crippen LogP contribution in [0.15, 0.2) is 12.1 Å². The zero-order chi connectivity index (χ0) is 14.0. The van der Waals surface area contributed by atoms with Crippen LogP contribution in [0.2, 0.25) is 0 Å². The first-order chi connectivity index (χ1) is 9.02. The maximum Gasteiger partial charge on any atom is 0.257 e.